The normalized spacial score (nSPS) is 29.2. The van der Waals surface area contributed by atoms with Gasteiger partial charge in [-0.15, -0.1) is 0 Å². The highest BCUT2D eigenvalue weighted by Gasteiger charge is 2.64. The van der Waals surface area contributed by atoms with E-state index < -0.39 is 22.1 Å². The molecule has 0 bridgehead atoms. The van der Waals surface area contributed by atoms with Gasteiger partial charge < -0.3 is 10.2 Å². The van der Waals surface area contributed by atoms with Crippen molar-refractivity contribution in [3.05, 3.63) is 35.9 Å². The molecule has 108 valence electrons. The molecule has 0 saturated carbocycles. The van der Waals surface area contributed by atoms with E-state index in [1.54, 1.807) is 6.92 Å². The van der Waals surface area contributed by atoms with Crippen molar-refractivity contribution >= 4 is 12.1 Å². The number of quaternary nitrogens is 1. The van der Waals surface area contributed by atoms with Gasteiger partial charge in [-0.3, -0.25) is 0 Å². The van der Waals surface area contributed by atoms with Crippen LogP contribution in [0.5, 0.6) is 0 Å². The molecule has 0 radical (unpaired) electrons. The number of nitrogens with zero attached hydrogens (tertiary/aromatic N) is 1. The SMILES string of the molecule is CCC1(C(=O)O)CCC[N@@+]1(Cc1ccccc1)C(=O)O. The molecular formula is C15H20NO4+. The van der Waals surface area contributed by atoms with Crippen LogP contribution >= 0.6 is 0 Å². The van der Waals surface area contributed by atoms with Gasteiger partial charge in [0.1, 0.15) is 6.54 Å². The predicted octanol–water partition coefficient (Wildman–Crippen LogP) is 2.71. The van der Waals surface area contributed by atoms with Crippen molar-refractivity contribution < 1.29 is 24.3 Å². The zero-order chi connectivity index (χ0) is 14.8. The summed E-state index contributed by atoms with van der Waals surface area (Å²) >= 11 is 0. The first-order valence-electron chi connectivity index (χ1n) is 6.86. The van der Waals surface area contributed by atoms with Gasteiger partial charge in [-0.2, -0.15) is 4.79 Å². The molecule has 1 aromatic rings. The first kappa shape index (κ1) is 14.5. The Morgan fingerprint density at radius 3 is 2.40 bits per heavy atom. The highest BCUT2D eigenvalue weighted by molar-refractivity contribution is 5.80. The van der Waals surface area contributed by atoms with E-state index >= 15 is 0 Å². The summed E-state index contributed by atoms with van der Waals surface area (Å²) in [4.78, 5) is 23.7. The molecule has 1 unspecified atom stereocenters. The van der Waals surface area contributed by atoms with Crippen molar-refractivity contribution in [2.24, 2.45) is 0 Å². The molecule has 1 amide bonds. The minimum absolute atomic E-state index is 0.219. The molecule has 20 heavy (non-hydrogen) atoms. The standard InChI is InChI=1S/C15H19NO4/c1-2-15(13(17)18)9-6-10-16(15,14(19)20)11-12-7-4-3-5-8-12/h3-5,7-8H,2,6,9-11H2,1H3,(H-,17,18,19,20)/p+1/t15?,16-/m1/s1. The fraction of sp³-hybridized carbons (Fsp3) is 0.467. The lowest BCUT2D eigenvalue weighted by Gasteiger charge is -2.41. The zero-order valence-electron chi connectivity index (χ0n) is 11.6. The van der Waals surface area contributed by atoms with Crippen molar-refractivity contribution in [1.29, 1.82) is 0 Å². The van der Waals surface area contributed by atoms with Crippen molar-refractivity contribution in [2.45, 2.75) is 38.3 Å². The molecule has 5 heteroatoms. The van der Waals surface area contributed by atoms with Gasteiger partial charge in [0.25, 0.3) is 0 Å². The lowest BCUT2D eigenvalue weighted by Crippen LogP contribution is -2.66. The first-order chi connectivity index (χ1) is 9.48. The third-order valence-electron chi connectivity index (χ3n) is 4.59. The third-order valence-corrected chi connectivity index (χ3v) is 4.59. The summed E-state index contributed by atoms with van der Waals surface area (Å²) in [7, 11) is 0. The Balaban J connectivity index is 2.49. The summed E-state index contributed by atoms with van der Waals surface area (Å²) in [5, 5.41) is 19.4. The van der Waals surface area contributed by atoms with Crippen LogP contribution in [0.1, 0.15) is 31.7 Å². The molecule has 1 aromatic carbocycles. The van der Waals surface area contributed by atoms with E-state index in [0.717, 1.165) is 5.56 Å². The third kappa shape index (κ3) is 1.98. The van der Waals surface area contributed by atoms with Gasteiger partial charge >= 0.3 is 12.1 Å². The number of rotatable bonds is 4. The first-order valence-corrected chi connectivity index (χ1v) is 6.86. The van der Waals surface area contributed by atoms with Crippen LogP contribution in [0.15, 0.2) is 30.3 Å². The van der Waals surface area contributed by atoms with Crippen LogP contribution in [0.2, 0.25) is 0 Å². The number of carbonyl (C=O) groups is 2. The van der Waals surface area contributed by atoms with Crippen LogP contribution in [0, 0.1) is 0 Å². The molecule has 0 aromatic heterocycles. The summed E-state index contributed by atoms with van der Waals surface area (Å²) in [5.74, 6) is -1.00. The maximum Gasteiger partial charge on any atom is 0.514 e. The highest BCUT2D eigenvalue weighted by Crippen LogP contribution is 2.42. The van der Waals surface area contributed by atoms with Gasteiger partial charge in [0.05, 0.1) is 6.54 Å². The van der Waals surface area contributed by atoms with E-state index in [-0.39, 0.29) is 6.54 Å². The van der Waals surface area contributed by atoms with Crippen LogP contribution in [0.4, 0.5) is 4.79 Å². The monoisotopic (exact) mass is 278 g/mol. The summed E-state index contributed by atoms with van der Waals surface area (Å²) < 4.78 is -0.400. The van der Waals surface area contributed by atoms with Crippen molar-refractivity contribution in [3.8, 4) is 0 Å². The Kier molecular flexibility index (Phi) is 3.81. The molecule has 1 saturated heterocycles. The smallest absolute Gasteiger partial charge is 0.477 e. The van der Waals surface area contributed by atoms with E-state index in [2.05, 4.69) is 0 Å². The van der Waals surface area contributed by atoms with Crippen LogP contribution in [-0.4, -0.2) is 38.8 Å². The van der Waals surface area contributed by atoms with Gasteiger partial charge in [-0.25, -0.2) is 9.28 Å². The van der Waals surface area contributed by atoms with Gasteiger partial charge in [-0.1, -0.05) is 37.3 Å². The molecule has 0 spiro atoms. The number of carboxylic acids is 1. The highest BCUT2D eigenvalue weighted by atomic mass is 16.4. The van der Waals surface area contributed by atoms with E-state index in [1.807, 2.05) is 30.3 Å². The largest absolute Gasteiger partial charge is 0.514 e. The van der Waals surface area contributed by atoms with Gasteiger partial charge in [0.2, 0.25) is 5.54 Å². The fourth-order valence-electron chi connectivity index (χ4n) is 3.46. The second-order valence-electron chi connectivity index (χ2n) is 5.41. The van der Waals surface area contributed by atoms with Crippen LogP contribution < -0.4 is 0 Å². The Bertz CT molecular complexity index is 516. The number of benzene rings is 1. The molecule has 2 atom stereocenters. The van der Waals surface area contributed by atoms with Crippen LogP contribution in [0.3, 0.4) is 0 Å². The van der Waals surface area contributed by atoms with E-state index in [0.29, 0.717) is 25.8 Å². The molecule has 2 N–H and O–H groups in total. The molecular weight excluding hydrogens is 258 g/mol. The molecule has 2 rings (SSSR count). The lowest BCUT2D eigenvalue weighted by molar-refractivity contribution is -0.899. The van der Waals surface area contributed by atoms with Crippen molar-refractivity contribution in [2.75, 3.05) is 6.54 Å². The maximum absolute atomic E-state index is 11.9. The number of hydrogen-bond acceptors (Lipinski definition) is 2. The molecule has 1 fully saturated rings. The Morgan fingerprint density at radius 2 is 1.90 bits per heavy atom. The summed E-state index contributed by atoms with van der Waals surface area (Å²) in [6.07, 6.45) is 0.314. The molecule has 1 heterocycles. The predicted molar refractivity (Wildman–Crippen MR) is 73.2 cm³/mol. The average Bonchev–Trinajstić information content (AvgIpc) is 2.80. The quantitative estimate of drug-likeness (QED) is 0.830. The number of hydrogen-bond donors (Lipinski definition) is 2. The molecule has 1 aliphatic heterocycles. The Morgan fingerprint density at radius 1 is 1.25 bits per heavy atom. The van der Waals surface area contributed by atoms with E-state index in [9.17, 15) is 19.8 Å². The van der Waals surface area contributed by atoms with E-state index in [1.165, 1.54) is 0 Å². The fourth-order valence-corrected chi connectivity index (χ4v) is 3.46. The molecule has 0 aliphatic carbocycles. The van der Waals surface area contributed by atoms with Gasteiger partial charge in [0, 0.05) is 24.8 Å². The number of carboxylic acid groups (broad SMARTS) is 2. The minimum Gasteiger partial charge on any atom is -0.477 e. The summed E-state index contributed by atoms with van der Waals surface area (Å²) in [6, 6.07) is 9.26. The van der Waals surface area contributed by atoms with Gasteiger partial charge in [0.15, 0.2) is 0 Å². The topological polar surface area (TPSA) is 74.6 Å². The molecule has 1 aliphatic rings. The van der Waals surface area contributed by atoms with Crippen LogP contribution in [-0.2, 0) is 11.3 Å². The van der Waals surface area contributed by atoms with E-state index in [4.69, 9.17) is 0 Å². The van der Waals surface area contributed by atoms with Crippen LogP contribution in [0.25, 0.3) is 0 Å². The summed E-state index contributed by atoms with van der Waals surface area (Å²) in [5.41, 5.74) is -0.363. The maximum atomic E-state index is 11.9. The number of amides is 1. The molecule has 5 nitrogen and oxygen atoms in total. The van der Waals surface area contributed by atoms with Gasteiger partial charge in [-0.05, 0) is 0 Å². The number of likely N-dealkylation sites (tertiary alicyclic amines) is 1. The zero-order valence-corrected chi connectivity index (χ0v) is 11.6. The Hall–Kier alpha value is -1.88. The van der Waals surface area contributed by atoms with Crippen molar-refractivity contribution in [3.63, 3.8) is 0 Å². The Labute approximate surface area is 118 Å². The van der Waals surface area contributed by atoms with Crippen molar-refractivity contribution in [1.82, 2.24) is 0 Å². The summed E-state index contributed by atoms with van der Waals surface area (Å²) in [6.45, 7) is 2.35. The average molecular weight is 278 g/mol. The minimum atomic E-state index is -1.22. The second kappa shape index (κ2) is 5.25. The second-order valence-corrected chi connectivity index (χ2v) is 5.41. The number of aliphatic carboxylic acids is 1. The lowest BCUT2D eigenvalue weighted by atomic mass is 9.90.